The Labute approximate surface area is 198 Å². The summed E-state index contributed by atoms with van der Waals surface area (Å²) in [6.45, 7) is 3.05. The van der Waals surface area contributed by atoms with Crippen LogP contribution >= 0.6 is 0 Å². The van der Waals surface area contributed by atoms with Crippen molar-refractivity contribution in [1.82, 2.24) is 0 Å². The fraction of sp³-hybridized carbons (Fsp3) is 0.556. The molecule has 1 saturated heterocycles. The van der Waals surface area contributed by atoms with E-state index in [0.717, 1.165) is 38.5 Å². The summed E-state index contributed by atoms with van der Waals surface area (Å²) in [7, 11) is 0. The maximum atomic E-state index is 11.6. The number of carbonyl (C=O) groups is 2. The van der Waals surface area contributed by atoms with Crippen molar-refractivity contribution in [1.29, 1.82) is 0 Å². The maximum Gasteiger partial charge on any atom is 0.306 e. The second kappa shape index (κ2) is 19.1. The third kappa shape index (κ3) is 17.8. The fourth-order valence-corrected chi connectivity index (χ4v) is 2.88. The van der Waals surface area contributed by atoms with Crippen molar-refractivity contribution in [3.8, 4) is 0 Å². The van der Waals surface area contributed by atoms with Crippen molar-refractivity contribution in [3.05, 3.63) is 60.8 Å². The van der Waals surface area contributed by atoms with Crippen LogP contribution in [-0.4, -0.2) is 48.6 Å². The molecule has 1 heterocycles. The SMILES string of the molecule is CC/C=C\CC1OC1C/C=C\C/C=C\C/C=C\C/C=C\CCC(=O)OC[C@H](O)COC(C)=O. The van der Waals surface area contributed by atoms with Gasteiger partial charge in [0, 0.05) is 13.3 Å². The normalized spacial score (nSPS) is 19.4. The molecule has 0 aromatic carbocycles. The Hall–Kier alpha value is -2.44. The Balaban J connectivity index is 1.94. The molecule has 2 unspecified atom stereocenters. The highest BCUT2D eigenvalue weighted by Gasteiger charge is 2.35. The number of aliphatic hydroxyl groups excluding tert-OH is 1. The van der Waals surface area contributed by atoms with Gasteiger partial charge in [0.1, 0.15) is 19.3 Å². The van der Waals surface area contributed by atoms with E-state index in [1.807, 2.05) is 12.2 Å². The number of rotatable bonds is 18. The van der Waals surface area contributed by atoms with Crippen LogP contribution in [0.5, 0.6) is 0 Å². The molecule has 6 heteroatoms. The number of allylic oxidation sites excluding steroid dienone is 8. The molecule has 0 aliphatic carbocycles. The van der Waals surface area contributed by atoms with Gasteiger partial charge in [-0.25, -0.2) is 0 Å². The molecule has 0 radical (unpaired) electrons. The van der Waals surface area contributed by atoms with E-state index >= 15 is 0 Å². The molecule has 184 valence electrons. The summed E-state index contributed by atoms with van der Waals surface area (Å²) in [5, 5.41) is 9.50. The monoisotopic (exact) mass is 460 g/mol. The van der Waals surface area contributed by atoms with Crippen molar-refractivity contribution in [2.45, 2.75) is 83.5 Å². The first kappa shape index (κ1) is 28.6. The molecule has 0 amide bonds. The van der Waals surface area contributed by atoms with Crippen LogP contribution in [0.3, 0.4) is 0 Å². The van der Waals surface area contributed by atoms with Crippen LogP contribution in [0.15, 0.2) is 60.8 Å². The largest absolute Gasteiger partial charge is 0.463 e. The topological polar surface area (TPSA) is 85.4 Å². The Morgan fingerprint density at radius 2 is 1.33 bits per heavy atom. The zero-order chi connectivity index (χ0) is 24.2. The molecule has 0 bridgehead atoms. The van der Waals surface area contributed by atoms with Crippen molar-refractivity contribution >= 4 is 11.9 Å². The van der Waals surface area contributed by atoms with Crippen LogP contribution in [-0.2, 0) is 23.8 Å². The second-order valence-electron chi connectivity index (χ2n) is 7.83. The number of hydrogen-bond donors (Lipinski definition) is 1. The highest BCUT2D eigenvalue weighted by molar-refractivity contribution is 5.69. The third-order valence-electron chi connectivity index (χ3n) is 4.74. The zero-order valence-corrected chi connectivity index (χ0v) is 20.1. The van der Waals surface area contributed by atoms with E-state index in [9.17, 15) is 14.7 Å². The molecule has 1 aliphatic heterocycles. The summed E-state index contributed by atoms with van der Waals surface area (Å²) in [5.41, 5.74) is 0. The average molecular weight is 461 g/mol. The smallest absolute Gasteiger partial charge is 0.306 e. The van der Waals surface area contributed by atoms with Gasteiger partial charge in [0.05, 0.1) is 12.2 Å². The first-order chi connectivity index (χ1) is 16.0. The summed E-state index contributed by atoms with van der Waals surface area (Å²) in [5.74, 6) is -0.864. The number of ether oxygens (including phenoxy) is 3. The molecular weight excluding hydrogens is 420 g/mol. The lowest BCUT2D eigenvalue weighted by Gasteiger charge is -2.10. The Kier molecular flexibility index (Phi) is 16.5. The molecule has 0 saturated carbocycles. The van der Waals surface area contributed by atoms with Crippen LogP contribution < -0.4 is 0 Å². The molecule has 1 N–H and O–H groups in total. The van der Waals surface area contributed by atoms with Gasteiger partial charge >= 0.3 is 11.9 Å². The van der Waals surface area contributed by atoms with Gasteiger partial charge in [-0.05, 0) is 44.9 Å². The Bertz CT molecular complexity index is 689. The second-order valence-corrected chi connectivity index (χ2v) is 7.83. The molecule has 0 spiro atoms. The first-order valence-corrected chi connectivity index (χ1v) is 11.9. The van der Waals surface area contributed by atoms with Crippen LogP contribution in [0, 0.1) is 0 Å². The van der Waals surface area contributed by atoms with Crippen molar-refractivity contribution < 1.29 is 28.9 Å². The van der Waals surface area contributed by atoms with E-state index in [1.54, 1.807) is 0 Å². The van der Waals surface area contributed by atoms with E-state index < -0.39 is 12.1 Å². The van der Waals surface area contributed by atoms with Gasteiger partial charge < -0.3 is 19.3 Å². The predicted molar refractivity (Wildman–Crippen MR) is 131 cm³/mol. The van der Waals surface area contributed by atoms with Crippen LogP contribution in [0.2, 0.25) is 0 Å². The van der Waals surface area contributed by atoms with E-state index in [1.165, 1.54) is 6.92 Å². The minimum absolute atomic E-state index is 0.172. The van der Waals surface area contributed by atoms with Crippen molar-refractivity contribution in [2.24, 2.45) is 0 Å². The van der Waals surface area contributed by atoms with Crippen molar-refractivity contribution in [3.63, 3.8) is 0 Å². The fourth-order valence-electron chi connectivity index (χ4n) is 2.88. The zero-order valence-electron chi connectivity index (χ0n) is 20.1. The van der Waals surface area contributed by atoms with E-state index in [2.05, 4.69) is 60.3 Å². The van der Waals surface area contributed by atoms with Gasteiger partial charge in [0.2, 0.25) is 0 Å². The Morgan fingerprint density at radius 3 is 1.91 bits per heavy atom. The van der Waals surface area contributed by atoms with E-state index in [-0.39, 0.29) is 25.6 Å². The van der Waals surface area contributed by atoms with Crippen LogP contribution in [0.1, 0.15) is 65.2 Å². The lowest BCUT2D eigenvalue weighted by Crippen LogP contribution is -2.24. The molecule has 1 fully saturated rings. The number of aliphatic hydroxyl groups is 1. The summed E-state index contributed by atoms with van der Waals surface area (Å²) in [6, 6.07) is 0. The van der Waals surface area contributed by atoms with Crippen LogP contribution in [0.4, 0.5) is 0 Å². The molecule has 1 aliphatic rings. The molecule has 6 nitrogen and oxygen atoms in total. The Morgan fingerprint density at radius 1 is 0.818 bits per heavy atom. The van der Waals surface area contributed by atoms with Gasteiger partial charge in [0.25, 0.3) is 0 Å². The van der Waals surface area contributed by atoms with Gasteiger partial charge in [-0.1, -0.05) is 67.7 Å². The predicted octanol–water partition coefficient (Wildman–Crippen LogP) is 5.14. The molecule has 0 aromatic heterocycles. The van der Waals surface area contributed by atoms with Crippen LogP contribution in [0.25, 0.3) is 0 Å². The van der Waals surface area contributed by atoms with E-state index in [4.69, 9.17) is 9.47 Å². The molecule has 1 rings (SSSR count). The summed E-state index contributed by atoms with van der Waals surface area (Å²) in [4.78, 5) is 22.2. The van der Waals surface area contributed by atoms with Gasteiger partial charge in [0.15, 0.2) is 0 Å². The summed E-state index contributed by atoms with van der Waals surface area (Å²) >= 11 is 0. The highest BCUT2D eigenvalue weighted by Crippen LogP contribution is 2.29. The number of hydrogen-bond acceptors (Lipinski definition) is 6. The summed E-state index contributed by atoms with van der Waals surface area (Å²) < 4.78 is 15.2. The maximum absolute atomic E-state index is 11.6. The van der Waals surface area contributed by atoms with E-state index in [0.29, 0.717) is 18.6 Å². The molecular formula is C27H40O6. The van der Waals surface area contributed by atoms with Gasteiger partial charge in [-0.2, -0.15) is 0 Å². The first-order valence-electron chi connectivity index (χ1n) is 11.9. The lowest BCUT2D eigenvalue weighted by molar-refractivity contribution is -0.151. The standard InChI is InChI=1S/C27H40O6/c1-3-4-15-18-25-26(33-25)19-16-13-11-9-7-5-6-8-10-12-14-17-20-27(30)32-22-24(29)21-31-23(2)28/h4,6-9,12-16,24-26,29H,3,5,10-11,17-22H2,1-2H3/b8-6-,9-7-,14-12-,15-4-,16-13-/t24-,25?,26?/m1/s1. The van der Waals surface area contributed by atoms with Gasteiger partial charge in [-0.15, -0.1) is 0 Å². The average Bonchev–Trinajstić information content (AvgIpc) is 3.54. The van der Waals surface area contributed by atoms with Crippen molar-refractivity contribution in [2.75, 3.05) is 13.2 Å². The highest BCUT2D eigenvalue weighted by atomic mass is 16.6. The number of epoxide rings is 1. The third-order valence-corrected chi connectivity index (χ3v) is 4.74. The molecule has 3 atom stereocenters. The number of carbonyl (C=O) groups excluding carboxylic acids is 2. The minimum atomic E-state index is -0.994. The minimum Gasteiger partial charge on any atom is -0.463 e. The summed E-state index contributed by atoms with van der Waals surface area (Å²) in [6.07, 6.45) is 27.7. The lowest BCUT2D eigenvalue weighted by atomic mass is 10.1. The van der Waals surface area contributed by atoms with Gasteiger partial charge in [-0.3, -0.25) is 9.59 Å². The number of esters is 2. The quantitative estimate of drug-likeness (QED) is 0.173. The molecule has 0 aromatic rings. The molecule has 33 heavy (non-hydrogen) atoms.